The summed E-state index contributed by atoms with van der Waals surface area (Å²) in [5, 5.41) is 8.60. The van der Waals surface area contributed by atoms with Gasteiger partial charge in [-0.3, -0.25) is 4.72 Å². The van der Waals surface area contributed by atoms with Gasteiger partial charge in [-0.15, -0.1) is 0 Å². The highest BCUT2D eigenvalue weighted by molar-refractivity contribution is 7.92. The van der Waals surface area contributed by atoms with E-state index in [1.165, 1.54) is 0 Å². The van der Waals surface area contributed by atoms with Gasteiger partial charge < -0.3 is 0 Å². The van der Waals surface area contributed by atoms with E-state index in [-0.39, 0.29) is 5.75 Å². The van der Waals surface area contributed by atoms with Gasteiger partial charge in [0, 0.05) is 5.69 Å². The molecule has 0 amide bonds. The molecule has 0 bridgehead atoms. The lowest BCUT2D eigenvalue weighted by atomic mass is 10.2. The average molecular weight is 236 g/mol. The topological polar surface area (TPSA) is 70.0 Å². The molecule has 1 aromatic rings. The molecule has 0 aliphatic heterocycles. The molecule has 0 unspecified atom stereocenters. The van der Waals surface area contributed by atoms with Gasteiger partial charge in [0.2, 0.25) is 10.0 Å². The van der Waals surface area contributed by atoms with Gasteiger partial charge >= 0.3 is 0 Å². The quantitative estimate of drug-likeness (QED) is 0.865. The Balaban J connectivity index is 2.05. The largest absolute Gasteiger partial charge is 0.284 e. The first kappa shape index (κ1) is 11.0. The summed E-state index contributed by atoms with van der Waals surface area (Å²) in [7, 11) is -3.22. The van der Waals surface area contributed by atoms with Gasteiger partial charge in [0.1, 0.15) is 0 Å². The molecule has 2 rings (SSSR count). The zero-order valence-electron chi connectivity index (χ0n) is 8.68. The molecule has 0 radical (unpaired) electrons. The van der Waals surface area contributed by atoms with Crippen LogP contribution in [0.15, 0.2) is 24.3 Å². The van der Waals surface area contributed by atoms with Crippen molar-refractivity contribution in [3.05, 3.63) is 29.8 Å². The van der Waals surface area contributed by atoms with Crippen molar-refractivity contribution in [2.75, 3.05) is 10.5 Å². The third-order valence-corrected chi connectivity index (χ3v) is 3.90. The molecule has 4 nitrogen and oxygen atoms in total. The molecular formula is C11H12N2O2S. The average Bonchev–Trinajstić information content (AvgIpc) is 3.01. The summed E-state index contributed by atoms with van der Waals surface area (Å²) in [6, 6.07) is 8.37. The minimum absolute atomic E-state index is 0.201. The Morgan fingerprint density at radius 1 is 1.31 bits per heavy atom. The summed E-state index contributed by atoms with van der Waals surface area (Å²) in [5.41, 5.74) is 1.03. The van der Waals surface area contributed by atoms with Crippen LogP contribution in [0.2, 0.25) is 0 Å². The second-order valence-electron chi connectivity index (χ2n) is 4.02. The monoisotopic (exact) mass is 236 g/mol. The smallest absolute Gasteiger partial charge is 0.232 e. The summed E-state index contributed by atoms with van der Waals surface area (Å²) in [5.74, 6) is 0.531. The third-order valence-electron chi connectivity index (χ3n) is 2.44. The lowest BCUT2D eigenvalue weighted by Gasteiger charge is -2.06. The summed E-state index contributed by atoms with van der Waals surface area (Å²) < 4.78 is 25.8. The van der Waals surface area contributed by atoms with Crippen LogP contribution in [0, 0.1) is 17.2 Å². The van der Waals surface area contributed by atoms with Crippen LogP contribution < -0.4 is 4.72 Å². The minimum atomic E-state index is -3.22. The number of benzene rings is 1. The van der Waals surface area contributed by atoms with Crippen LogP contribution >= 0.6 is 0 Å². The van der Waals surface area contributed by atoms with Crippen LogP contribution in [0.5, 0.6) is 0 Å². The van der Waals surface area contributed by atoms with Crippen LogP contribution in [-0.4, -0.2) is 14.2 Å². The number of sulfonamides is 1. The highest BCUT2D eigenvalue weighted by Gasteiger charge is 2.27. The molecule has 0 saturated heterocycles. The minimum Gasteiger partial charge on any atom is -0.284 e. The van der Waals surface area contributed by atoms with E-state index in [4.69, 9.17) is 5.26 Å². The Morgan fingerprint density at radius 2 is 1.94 bits per heavy atom. The van der Waals surface area contributed by atoms with E-state index in [1.807, 2.05) is 6.07 Å². The fourth-order valence-corrected chi connectivity index (χ4v) is 2.96. The second kappa shape index (κ2) is 4.14. The van der Waals surface area contributed by atoms with E-state index in [9.17, 15) is 8.42 Å². The third kappa shape index (κ3) is 2.97. The van der Waals surface area contributed by atoms with Crippen LogP contribution in [0.25, 0.3) is 0 Å². The first-order chi connectivity index (χ1) is 7.59. The van der Waals surface area contributed by atoms with Crippen molar-refractivity contribution in [1.29, 1.82) is 5.26 Å². The van der Waals surface area contributed by atoms with E-state index in [0.717, 1.165) is 12.8 Å². The van der Waals surface area contributed by atoms with Gasteiger partial charge in [0.25, 0.3) is 0 Å². The van der Waals surface area contributed by atoms with E-state index >= 15 is 0 Å². The highest BCUT2D eigenvalue weighted by Crippen LogP contribution is 2.30. The fourth-order valence-electron chi connectivity index (χ4n) is 1.43. The molecular weight excluding hydrogens is 224 g/mol. The van der Waals surface area contributed by atoms with Gasteiger partial charge in [-0.05, 0) is 43.0 Å². The summed E-state index contributed by atoms with van der Waals surface area (Å²) in [6.45, 7) is 0. The lowest BCUT2D eigenvalue weighted by Crippen LogP contribution is -2.17. The molecule has 84 valence electrons. The number of hydrogen-bond donors (Lipinski definition) is 1. The van der Waals surface area contributed by atoms with E-state index in [0.29, 0.717) is 17.2 Å². The van der Waals surface area contributed by atoms with Gasteiger partial charge in [0.15, 0.2) is 0 Å². The first-order valence-electron chi connectivity index (χ1n) is 5.10. The summed E-state index contributed by atoms with van der Waals surface area (Å²) in [4.78, 5) is 0. The second-order valence-corrected chi connectivity index (χ2v) is 5.78. The zero-order valence-corrected chi connectivity index (χ0v) is 9.50. The highest BCUT2D eigenvalue weighted by atomic mass is 32.2. The Kier molecular flexibility index (Phi) is 2.84. The molecule has 0 aromatic heterocycles. The van der Waals surface area contributed by atoms with Crippen molar-refractivity contribution < 1.29 is 8.42 Å². The molecule has 0 spiro atoms. The number of nitrogens with one attached hydrogen (secondary N) is 1. The summed E-state index contributed by atoms with van der Waals surface area (Å²) >= 11 is 0. The van der Waals surface area contributed by atoms with Crippen LogP contribution in [-0.2, 0) is 10.0 Å². The lowest BCUT2D eigenvalue weighted by molar-refractivity contribution is 0.597. The SMILES string of the molecule is N#Cc1ccc(NS(=O)(=O)CC2CC2)cc1. The Bertz CT molecular complexity index is 510. The Hall–Kier alpha value is -1.54. The number of anilines is 1. The predicted molar refractivity (Wildman–Crippen MR) is 61.3 cm³/mol. The van der Waals surface area contributed by atoms with Crippen LogP contribution in [0.3, 0.4) is 0 Å². The van der Waals surface area contributed by atoms with Crippen LogP contribution in [0.1, 0.15) is 18.4 Å². The maximum Gasteiger partial charge on any atom is 0.232 e. The fraction of sp³-hybridized carbons (Fsp3) is 0.364. The molecule has 1 aliphatic carbocycles. The Morgan fingerprint density at radius 3 is 2.44 bits per heavy atom. The normalized spacial score (nSPS) is 15.4. The molecule has 1 N–H and O–H groups in total. The molecule has 5 heteroatoms. The standard InChI is InChI=1S/C11H12N2O2S/c12-7-9-3-5-11(6-4-9)13-16(14,15)8-10-1-2-10/h3-6,10,13H,1-2,8H2. The molecule has 1 aromatic carbocycles. The number of nitrogens with zero attached hydrogens (tertiary/aromatic N) is 1. The molecule has 16 heavy (non-hydrogen) atoms. The summed E-state index contributed by atoms with van der Waals surface area (Å²) in [6.07, 6.45) is 2.02. The first-order valence-corrected chi connectivity index (χ1v) is 6.75. The van der Waals surface area contributed by atoms with Crippen molar-refractivity contribution in [2.24, 2.45) is 5.92 Å². The molecule has 0 atom stereocenters. The molecule has 0 heterocycles. The number of rotatable bonds is 4. The predicted octanol–water partition coefficient (Wildman–Crippen LogP) is 1.71. The van der Waals surface area contributed by atoms with Crippen molar-refractivity contribution in [3.63, 3.8) is 0 Å². The zero-order chi connectivity index (χ0) is 11.6. The number of nitriles is 1. The molecule has 1 saturated carbocycles. The molecule has 1 fully saturated rings. The Labute approximate surface area is 95.0 Å². The van der Waals surface area contributed by atoms with E-state index in [1.54, 1.807) is 24.3 Å². The maximum atomic E-state index is 11.6. The van der Waals surface area contributed by atoms with Crippen molar-refractivity contribution in [1.82, 2.24) is 0 Å². The maximum absolute atomic E-state index is 11.6. The van der Waals surface area contributed by atoms with Gasteiger partial charge in [-0.25, -0.2) is 8.42 Å². The van der Waals surface area contributed by atoms with Crippen LogP contribution in [0.4, 0.5) is 5.69 Å². The van der Waals surface area contributed by atoms with Crippen molar-refractivity contribution in [2.45, 2.75) is 12.8 Å². The van der Waals surface area contributed by atoms with E-state index in [2.05, 4.69) is 4.72 Å². The van der Waals surface area contributed by atoms with Crippen molar-refractivity contribution >= 4 is 15.7 Å². The number of hydrogen-bond acceptors (Lipinski definition) is 3. The van der Waals surface area contributed by atoms with Gasteiger partial charge in [-0.1, -0.05) is 0 Å². The van der Waals surface area contributed by atoms with Gasteiger partial charge in [-0.2, -0.15) is 5.26 Å². The van der Waals surface area contributed by atoms with E-state index < -0.39 is 10.0 Å². The van der Waals surface area contributed by atoms with Gasteiger partial charge in [0.05, 0.1) is 17.4 Å². The molecule has 1 aliphatic rings. The van der Waals surface area contributed by atoms with Crippen molar-refractivity contribution in [3.8, 4) is 6.07 Å².